The predicted molar refractivity (Wildman–Crippen MR) is 88.6 cm³/mol. The zero-order valence-electron chi connectivity index (χ0n) is 13.4. The number of hydrogen-bond donors (Lipinski definition) is 1. The summed E-state index contributed by atoms with van der Waals surface area (Å²) in [6.45, 7) is 11.2. The smallest absolute Gasteiger partial charge is 0.185 e. The first-order chi connectivity index (χ1) is 9.61. The van der Waals surface area contributed by atoms with E-state index >= 15 is 0 Å². The summed E-state index contributed by atoms with van der Waals surface area (Å²) in [6, 6.07) is 1.12. The van der Waals surface area contributed by atoms with Crippen molar-refractivity contribution in [2.24, 2.45) is 5.92 Å². The number of nitrogens with zero attached hydrogens (tertiary/aromatic N) is 2. The van der Waals surface area contributed by atoms with Crippen molar-refractivity contribution < 1.29 is 0 Å². The molecule has 0 radical (unpaired) electrons. The van der Waals surface area contributed by atoms with E-state index in [1.807, 2.05) is 11.3 Å². The summed E-state index contributed by atoms with van der Waals surface area (Å²) in [4.78, 5) is 7.43. The molecular weight excluding hydrogens is 266 g/mol. The average Bonchev–Trinajstić information content (AvgIpc) is 3.13. The lowest BCUT2D eigenvalue weighted by Gasteiger charge is -2.22. The van der Waals surface area contributed by atoms with Crippen LogP contribution >= 0.6 is 11.3 Å². The summed E-state index contributed by atoms with van der Waals surface area (Å²) >= 11 is 1.81. The molecule has 114 valence electrons. The monoisotopic (exact) mass is 295 g/mol. The Morgan fingerprint density at radius 1 is 1.40 bits per heavy atom. The van der Waals surface area contributed by atoms with Gasteiger partial charge in [-0.05, 0) is 45.1 Å². The van der Waals surface area contributed by atoms with Gasteiger partial charge in [0.05, 0.1) is 5.69 Å². The standard InChI is InChI=1S/C16H29N3S/c1-5-9-17-13(4)15-11-20-16(18-15)19(14-6-7-14)10-8-12(2)3/h11-14,17H,5-10H2,1-4H3. The van der Waals surface area contributed by atoms with Crippen LogP contribution < -0.4 is 10.2 Å². The number of aromatic nitrogens is 1. The van der Waals surface area contributed by atoms with E-state index in [1.165, 1.54) is 36.5 Å². The fourth-order valence-corrected chi connectivity index (χ4v) is 3.31. The third-order valence-electron chi connectivity index (χ3n) is 3.83. The quantitative estimate of drug-likeness (QED) is 0.739. The van der Waals surface area contributed by atoms with E-state index in [-0.39, 0.29) is 0 Å². The highest BCUT2D eigenvalue weighted by atomic mass is 32.1. The van der Waals surface area contributed by atoms with Crippen LogP contribution in [0.15, 0.2) is 5.38 Å². The largest absolute Gasteiger partial charge is 0.345 e. The minimum atomic E-state index is 0.367. The van der Waals surface area contributed by atoms with Crippen LogP contribution in [0.25, 0.3) is 0 Å². The average molecular weight is 295 g/mol. The molecular formula is C16H29N3S. The third kappa shape index (κ3) is 4.45. The molecule has 1 aliphatic rings. The lowest BCUT2D eigenvalue weighted by atomic mass is 10.1. The second kappa shape index (κ2) is 7.41. The molecule has 4 heteroatoms. The Hall–Kier alpha value is -0.610. The lowest BCUT2D eigenvalue weighted by molar-refractivity contribution is 0.556. The topological polar surface area (TPSA) is 28.2 Å². The molecule has 1 heterocycles. The van der Waals surface area contributed by atoms with E-state index in [9.17, 15) is 0 Å². The van der Waals surface area contributed by atoms with Crippen molar-refractivity contribution in [3.05, 3.63) is 11.1 Å². The van der Waals surface area contributed by atoms with Gasteiger partial charge in [-0.25, -0.2) is 4.98 Å². The van der Waals surface area contributed by atoms with Crippen molar-refractivity contribution >= 4 is 16.5 Å². The summed E-state index contributed by atoms with van der Waals surface area (Å²) in [5.41, 5.74) is 1.20. The first kappa shape index (κ1) is 15.8. The van der Waals surface area contributed by atoms with Crippen LogP contribution in [0, 0.1) is 5.92 Å². The Labute approximate surface area is 127 Å². The normalized spacial score (nSPS) is 16.6. The van der Waals surface area contributed by atoms with E-state index in [1.54, 1.807) is 0 Å². The van der Waals surface area contributed by atoms with Crippen LogP contribution in [0.1, 0.15) is 65.1 Å². The van der Waals surface area contributed by atoms with Crippen molar-refractivity contribution in [1.82, 2.24) is 10.3 Å². The maximum atomic E-state index is 4.88. The van der Waals surface area contributed by atoms with Crippen LogP contribution in [-0.4, -0.2) is 24.1 Å². The molecule has 0 saturated heterocycles. The van der Waals surface area contributed by atoms with Gasteiger partial charge in [-0.2, -0.15) is 0 Å². The molecule has 1 aliphatic carbocycles. The molecule has 1 aromatic heterocycles. The summed E-state index contributed by atoms with van der Waals surface area (Å²) in [5, 5.41) is 6.98. The Balaban J connectivity index is 1.97. The molecule has 1 fully saturated rings. The summed E-state index contributed by atoms with van der Waals surface area (Å²) in [6.07, 6.45) is 5.12. The molecule has 1 saturated carbocycles. The lowest BCUT2D eigenvalue weighted by Crippen LogP contribution is -2.28. The van der Waals surface area contributed by atoms with Gasteiger partial charge in [-0.1, -0.05) is 20.8 Å². The maximum Gasteiger partial charge on any atom is 0.185 e. The van der Waals surface area contributed by atoms with Gasteiger partial charge < -0.3 is 10.2 Å². The van der Waals surface area contributed by atoms with Crippen molar-refractivity contribution in [2.45, 2.75) is 65.5 Å². The first-order valence-corrected chi connectivity index (χ1v) is 8.95. The van der Waals surface area contributed by atoms with Crippen LogP contribution in [0.5, 0.6) is 0 Å². The fourth-order valence-electron chi connectivity index (χ4n) is 2.29. The Morgan fingerprint density at radius 2 is 2.15 bits per heavy atom. The Morgan fingerprint density at radius 3 is 2.75 bits per heavy atom. The van der Waals surface area contributed by atoms with Gasteiger partial charge in [0.15, 0.2) is 5.13 Å². The molecule has 0 bridgehead atoms. The molecule has 0 aromatic carbocycles. The molecule has 2 rings (SSSR count). The molecule has 1 N–H and O–H groups in total. The van der Waals surface area contributed by atoms with Crippen molar-refractivity contribution in [1.29, 1.82) is 0 Å². The third-order valence-corrected chi connectivity index (χ3v) is 4.73. The van der Waals surface area contributed by atoms with Crippen molar-refractivity contribution in [2.75, 3.05) is 18.0 Å². The van der Waals surface area contributed by atoms with Gasteiger partial charge in [0.2, 0.25) is 0 Å². The van der Waals surface area contributed by atoms with E-state index in [0.717, 1.165) is 25.0 Å². The number of nitrogens with one attached hydrogen (secondary N) is 1. The first-order valence-electron chi connectivity index (χ1n) is 8.07. The van der Waals surface area contributed by atoms with Crippen LogP contribution in [-0.2, 0) is 0 Å². The van der Waals surface area contributed by atoms with Crippen LogP contribution in [0.2, 0.25) is 0 Å². The van der Waals surface area contributed by atoms with E-state index < -0.39 is 0 Å². The van der Waals surface area contributed by atoms with Gasteiger partial charge in [0.1, 0.15) is 0 Å². The number of thiazole rings is 1. The Bertz CT molecular complexity index is 398. The Kier molecular flexibility index (Phi) is 5.85. The molecule has 0 spiro atoms. The number of anilines is 1. The van der Waals surface area contributed by atoms with E-state index in [0.29, 0.717) is 6.04 Å². The highest BCUT2D eigenvalue weighted by molar-refractivity contribution is 7.13. The van der Waals surface area contributed by atoms with Crippen LogP contribution in [0.4, 0.5) is 5.13 Å². The van der Waals surface area contributed by atoms with Crippen LogP contribution in [0.3, 0.4) is 0 Å². The highest BCUT2D eigenvalue weighted by Crippen LogP contribution is 2.34. The zero-order chi connectivity index (χ0) is 14.5. The number of rotatable bonds is 9. The maximum absolute atomic E-state index is 4.88. The van der Waals surface area contributed by atoms with Gasteiger partial charge in [-0.15, -0.1) is 11.3 Å². The summed E-state index contributed by atoms with van der Waals surface area (Å²) < 4.78 is 0. The van der Waals surface area contributed by atoms with Crippen molar-refractivity contribution in [3.63, 3.8) is 0 Å². The molecule has 3 nitrogen and oxygen atoms in total. The van der Waals surface area contributed by atoms with Gasteiger partial charge in [-0.3, -0.25) is 0 Å². The van der Waals surface area contributed by atoms with Gasteiger partial charge >= 0.3 is 0 Å². The molecule has 1 aromatic rings. The second-order valence-corrected chi connectivity index (χ2v) is 7.17. The zero-order valence-corrected chi connectivity index (χ0v) is 14.2. The minimum absolute atomic E-state index is 0.367. The van der Waals surface area contributed by atoms with E-state index in [4.69, 9.17) is 4.98 Å². The van der Waals surface area contributed by atoms with Gasteiger partial charge in [0.25, 0.3) is 0 Å². The molecule has 20 heavy (non-hydrogen) atoms. The molecule has 1 atom stereocenters. The SMILES string of the molecule is CCCNC(C)c1csc(N(CCC(C)C)C2CC2)n1. The van der Waals surface area contributed by atoms with Gasteiger partial charge in [0, 0.05) is 24.0 Å². The second-order valence-electron chi connectivity index (χ2n) is 6.34. The molecule has 0 amide bonds. The summed E-state index contributed by atoms with van der Waals surface area (Å²) in [5.74, 6) is 0.765. The van der Waals surface area contributed by atoms with Crippen molar-refractivity contribution in [3.8, 4) is 0 Å². The highest BCUT2D eigenvalue weighted by Gasteiger charge is 2.31. The fraction of sp³-hybridized carbons (Fsp3) is 0.812. The number of hydrogen-bond acceptors (Lipinski definition) is 4. The molecule has 1 unspecified atom stereocenters. The van der Waals surface area contributed by atoms with E-state index in [2.05, 4.69) is 43.3 Å². The minimum Gasteiger partial charge on any atom is -0.345 e. The summed E-state index contributed by atoms with van der Waals surface area (Å²) in [7, 11) is 0. The molecule has 0 aliphatic heterocycles. The predicted octanol–water partition coefficient (Wildman–Crippen LogP) is 4.22.